The third kappa shape index (κ3) is 3.06. The second-order valence-electron chi connectivity index (χ2n) is 4.27. The summed E-state index contributed by atoms with van der Waals surface area (Å²) in [6.45, 7) is 3.73. The first-order valence-electron chi connectivity index (χ1n) is 5.96. The maximum atomic E-state index is 12.6. The minimum atomic E-state index is -4.42. The van der Waals surface area contributed by atoms with E-state index in [0.29, 0.717) is 44.4 Å². The van der Waals surface area contributed by atoms with Crippen molar-refractivity contribution >= 4 is 23.6 Å². The van der Waals surface area contributed by atoms with Crippen molar-refractivity contribution in [3.8, 4) is 10.6 Å². The quantitative estimate of drug-likeness (QED) is 0.844. The van der Waals surface area contributed by atoms with Crippen LogP contribution in [-0.2, 0) is 12.6 Å². The molecule has 0 spiro atoms. The Labute approximate surface area is 122 Å². The number of hydrogen-bond donors (Lipinski definition) is 1. The van der Waals surface area contributed by atoms with Gasteiger partial charge in [-0.25, -0.2) is 9.97 Å². The molecule has 108 valence electrons. The van der Waals surface area contributed by atoms with Gasteiger partial charge in [0.2, 0.25) is 0 Å². The first kappa shape index (κ1) is 15.1. The largest absolute Gasteiger partial charge is 0.443 e. The SMILES string of the molecule is CCCc1nc(=S)c(C)c(-c2cnc(C(F)(F)F)s2)[nH]1. The molecule has 0 amide bonds. The van der Waals surface area contributed by atoms with Gasteiger partial charge in [-0.1, -0.05) is 19.1 Å². The Balaban J connectivity index is 2.52. The van der Waals surface area contributed by atoms with E-state index in [0.717, 1.165) is 6.42 Å². The van der Waals surface area contributed by atoms with Gasteiger partial charge in [0.15, 0.2) is 5.01 Å². The summed E-state index contributed by atoms with van der Waals surface area (Å²) in [5, 5.41) is -0.861. The van der Waals surface area contributed by atoms with Crippen LogP contribution in [-0.4, -0.2) is 15.0 Å². The first-order chi connectivity index (χ1) is 9.32. The van der Waals surface area contributed by atoms with E-state index >= 15 is 0 Å². The zero-order chi connectivity index (χ0) is 14.9. The fraction of sp³-hybridized carbons (Fsp3) is 0.417. The summed E-state index contributed by atoms with van der Waals surface area (Å²) in [4.78, 5) is 11.1. The van der Waals surface area contributed by atoms with Gasteiger partial charge in [-0.05, 0) is 13.3 Å². The highest BCUT2D eigenvalue weighted by Crippen LogP contribution is 2.36. The molecule has 0 aliphatic heterocycles. The van der Waals surface area contributed by atoms with Crippen LogP contribution in [0.5, 0.6) is 0 Å². The lowest BCUT2D eigenvalue weighted by molar-refractivity contribution is -0.137. The lowest BCUT2D eigenvalue weighted by Gasteiger charge is -2.07. The van der Waals surface area contributed by atoms with Crippen LogP contribution >= 0.6 is 23.6 Å². The summed E-state index contributed by atoms with van der Waals surface area (Å²) < 4.78 is 38.2. The number of nitrogens with zero attached hydrogens (tertiary/aromatic N) is 2. The van der Waals surface area contributed by atoms with E-state index < -0.39 is 11.2 Å². The standard InChI is InChI=1S/C12H12F3N3S2/c1-3-4-8-17-9(6(2)10(19)18-8)7-5-16-11(20-7)12(13,14)15/h5H,3-4H2,1-2H3,(H,17,18,19). The third-order valence-corrected chi connectivity index (χ3v) is 4.14. The fourth-order valence-electron chi connectivity index (χ4n) is 1.70. The van der Waals surface area contributed by atoms with Crippen molar-refractivity contribution in [1.29, 1.82) is 0 Å². The molecule has 1 N–H and O–H groups in total. The minimum absolute atomic E-state index is 0.407. The van der Waals surface area contributed by atoms with Gasteiger partial charge < -0.3 is 4.98 Å². The van der Waals surface area contributed by atoms with Gasteiger partial charge in [-0.2, -0.15) is 13.2 Å². The zero-order valence-electron chi connectivity index (χ0n) is 10.8. The zero-order valence-corrected chi connectivity index (χ0v) is 12.5. The van der Waals surface area contributed by atoms with Crippen molar-refractivity contribution < 1.29 is 13.2 Å². The maximum absolute atomic E-state index is 12.6. The van der Waals surface area contributed by atoms with Gasteiger partial charge in [-0.3, -0.25) is 0 Å². The van der Waals surface area contributed by atoms with Crippen molar-refractivity contribution in [3.63, 3.8) is 0 Å². The molecular weight excluding hydrogens is 307 g/mol. The Morgan fingerprint density at radius 1 is 1.40 bits per heavy atom. The molecule has 3 nitrogen and oxygen atoms in total. The molecule has 2 heterocycles. The second kappa shape index (κ2) is 5.61. The highest BCUT2D eigenvalue weighted by molar-refractivity contribution is 7.71. The molecule has 0 fully saturated rings. The summed E-state index contributed by atoms with van der Waals surface area (Å²) >= 11 is 5.75. The highest BCUT2D eigenvalue weighted by atomic mass is 32.1. The third-order valence-electron chi connectivity index (χ3n) is 2.68. The van der Waals surface area contributed by atoms with Crippen LogP contribution in [0, 0.1) is 11.6 Å². The number of aromatic amines is 1. The van der Waals surface area contributed by atoms with Crippen molar-refractivity contribution in [1.82, 2.24) is 15.0 Å². The molecule has 0 atom stereocenters. The van der Waals surface area contributed by atoms with Gasteiger partial charge >= 0.3 is 6.18 Å². The topological polar surface area (TPSA) is 41.6 Å². The number of nitrogens with one attached hydrogen (secondary N) is 1. The molecule has 2 aromatic rings. The monoisotopic (exact) mass is 319 g/mol. The molecule has 0 aliphatic rings. The Hall–Kier alpha value is -1.28. The lowest BCUT2D eigenvalue weighted by Crippen LogP contribution is -2.02. The van der Waals surface area contributed by atoms with Gasteiger partial charge in [0.05, 0.1) is 10.6 Å². The van der Waals surface area contributed by atoms with Gasteiger partial charge in [0.1, 0.15) is 10.5 Å². The molecule has 0 saturated heterocycles. The Kier molecular flexibility index (Phi) is 4.24. The number of hydrogen-bond acceptors (Lipinski definition) is 4. The molecule has 2 aromatic heterocycles. The summed E-state index contributed by atoms with van der Waals surface area (Å²) in [7, 11) is 0. The van der Waals surface area contributed by atoms with Crippen LogP contribution in [0.25, 0.3) is 10.6 Å². The predicted molar refractivity (Wildman–Crippen MR) is 74.3 cm³/mol. The average molecular weight is 319 g/mol. The summed E-state index contributed by atoms with van der Waals surface area (Å²) in [5.41, 5.74) is 1.23. The fourth-order valence-corrected chi connectivity index (χ4v) is 2.75. The summed E-state index contributed by atoms with van der Waals surface area (Å²) in [5.74, 6) is 0.681. The minimum Gasteiger partial charge on any atom is -0.342 e. The van der Waals surface area contributed by atoms with E-state index in [2.05, 4.69) is 15.0 Å². The van der Waals surface area contributed by atoms with Crippen LogP contribution in [0.2, 0.25) is 0 Å². The van der Waals surface area contributed by atoms with Gasteiger partial charge in [0.25, 0.3) is 0 Å². The van der Waals surface area contributed by atoms with E-state index in [1.54, 1.807) is 6.92 Å². The Morgan fingerprint density at radius 2 is 2.10 bits per heavy atom. The van der Waals surface area contributed by atoms with E-state index in [-0.39, 0.29) is 0 Å². The predicted octanol–water partition coefficient (Wildman–Crippen LogP) is 4.54. The number of rotatable bonds is 3. The number of halogens is 3. The highest BCUT2D eigenvalue weighted by Gasteiger charge is 2.34. The lowest BCUT2D eigenvalue weighted by atomic mass is 10.2. The molecule has 0 radical (unpaired) electrons. The van der Waals surface area contributed by atoms with Crippen molar-refractivity contribution in [2.45, 2.75) is 32.9 Å². The van der Waals surface area contributed by atoms with Crippen molar-refractivity contribution in [2.75, 3.05) is 0 Å². The van der Waals surface area contributed by atoms with E-state index in [9.17, 15) is 13.2 Å². The smallest absolute Gasteiger partial charge is 0.342 e. The summed E-state index contributed by atoms with van der Waals surface area (Å²) in [6, 6.07) is 0. The molecular formula is C12H12F3N3S2. The average Bonchev–Trinajstić information content (AvgIpc) is 2.83. The normalized spacial score (nSPS) is 11.8. The van der Waals surface area contributed by atoms with E-state index in [4.69, 9.17) is 12.2 Å². The number of H-pyrrole nitrogens is 1. The Morgan fingerprint density at radius 3 is 2.65 bits per heavy atom. The maximum Gasteiger partial charge on any atom is 0.443 e. The molecule has 20 heavy (non-hydrogen) atoms. The van der Waals surface area contributed by atoms with Crippen LogP contribution in [0.3, 0.4) is 0 Å². The van der Waals surface area contributed by atoms with Crippen molar-refractivity contribution in [3.05, 3.63) is 27.2 Å². The summed E-state index contributed by atoms with van der Waals surface area (Å²) in [6.07, 6.45) is -1.64. The molecule has 0 aliphatic carbocycles. The molecule has 0 unspecified atom stereocenters. The Bertz CT molecular complexity index is 673. The van der Waals surface area contributed by atoms with Crippen LogP contribution in [0.4, 0.5) is 13.2 Å². The number of alkyl halides is 3. The number of aryl methyl sites for hydroxylation is 1. The van der Waals surface area contributed by atoms with Gasteiger partial charge in [-0.15, -0.1) is 11.3 Å². The van der Waals surface area contributed by atoms with E-state index in [1.165, 1.54) is 6.20 Å². The molecule has 8 heteroatoms. The number of aromatic nitrogens is 3. The van der Waals surface area contributed by atoms with Crippen LogP contribution < -0.4 is 0 Å². The van der Waals surface area contributed by atoms with E-state index in [1.807, 2.05) is 6.92 Å². The molecule has 0 saturated carbocycles. The first-order valence-corrected chi connectivity index (χ1v) is 7.18. The number of thiazole rings is 1. The molecule has 2 rings (SSSR count). The van der Waals surface area contributed by atoms with Crippen molar-refractivity contribution in [2.24, 2.45) is 0 Å². The van der Waals surface area contributed by atoms with Gasteiger partial charge in [0, 0.05) is 18.2 Å². The second-order valence-corrected chi connectivity index (χ2v) is 5.68. The van der Waals surface area contributed by atoms with Crippen LogP contribution in [0.15, 0.2) is 6.20 Å². The molecule has 0 aromatic carbocycles. The van der Waals surface area contributed by atoms with Crippen LogP contribution in [0.1, 0.15) is 29.7 Å². The molecule has 0 bridgehead atoms.